The van der Waals surface area contributed by atoms with Crippen molar-refractivity contribution in [1.82, 2.24) is 4.57 Å². The first kappa shape index (κ1) is 13.6. The quantitative estimate of drug-likeness (QED) is 0.873. The summed E-state index contributed by atoms with van der Waals surface area (Å²) in [5.74, 6) is 0. The Bertz CT molecular complexity index is 730. The zero-order valence-corrected chi connectivity index (χ0v) is 11.2. The summed E-state index contributed by atoms with van der Waals surface area (Å²) in [5, 5.41) is 9.46. The minimum atomic E-state index is -3.82. The maximum absolute atomic E-state index is 11.9. The van der Waals surface area contributed by atoms with Gasteiger partial charge in [0.25, 0.3) is 10.1 Å². The number of aromatic nitrogens is 1. The summed E-state index contributed by atoms with van der Waals surface area (Å²) in [6.07, 6.45) is -0.208. The van der Waals surface area contributed by atoms with E-state index in [0.29, 0.717) is 10.9 Å². The molecule has 0 bridgehead atoms. The van der Waals surface area contributed by atoms with Gasteiger partial charge in [0.15, 0.2) is 0 Å². The molecule has 2 aromatic rings. The molecule has 0 spiro atoms. The molecule has 2 rings (SSSR count). The summed E-state index contributed by atoms with van der Waals surface area (Å²) in [4.78, 5) is 10.9. The molecule has 0 aliphatic rings. The summed E-state index contributed by atoms with van der Waals surface area (Å²) >= 11 is 0. The lowest BCUT2D eigenvalue weighted by atomic mass is 10.2. The van der Waals surface area contributed by atoms with Gasteiger partial charge in [-0.2, -0.15) is 8.42 Å². The van der Waals surface area contributed by atoms with Crippen LogP contribution in [0.25, 0.3) is 10.9 Å². The van der Waals surface area contributed by atoms with Crippen LogP contribution in [0.3, 0.4) is 0 Å². The number of rotatable bonds is 3. The number of carbonyl (C=O) groups is 1. The molecule has 0 amide bonds. The minimum absolute atomic E-state index is 0.0110. The van der Waals surface area contributed by atoms with E-state index in [2.05, 4.69) is 0 Å². The molecule has 6 nitrogen and oxygen atoms in total. The van der Waals surface area contributed by atoms with Gasteiger partial charge in [-0.15, -0.1) is 0 Å². The maximum atomic E-state index is 11.9. The minimum Gasteiger partial charge on any atom is -0.464 e. The van der Waals surface area contributed by atoms with Crippen molar-refractivity contribution in [2.45, 2.75) is 24.8 Å². The molecule has 19 heavy (non-hydrogen) atoms. The number of nitrogens with zero attached hydrogens (tertiary/aromatic N) is 1. The first-order valence-electron chi connectivity index (χ1n) is 5.59. The largest absolute Gasteiger partial charge is 0.464 e. The first-order chi connectivity index (χ1) is 8.81. The summed E-state index contributed by atoms with van der Waals surface area (Å²) < 4.78 is 29.7. The summed E-state index contributed by atoms with van der Waals surface area (Å²) in [6, 6.07) is 5.71. The van der Waals surface area contributed by atoms with E-state index in [-0.39, 0.29) is 4.90 Å². The molecule has 0 atom stereocenters. The molecule has 0 fully saturated rings. The summed E-state index contributed by atoms with van der Waals surface area (Å²) in [7, 11) is -3.82. The fraction of sp³-hybridized carbons (Fsp3) is 0.250. The Morgan fingerprint density at radius 3 is 2.58 bits per heavy atom. The van der Waals surface area contributed by atoms with Gasteiger partial charge in [0.1, 0.15) is 0 Å². The van der Waals surface area contributed by atoms with Crippen molar-refractivity contribution < 1.29 is 22.5 Å². The topological polar surface area (TPSA) is 85.6 Å². The molecule has 0 aliphatic carbocycles. The Morgan fingerprint density at radius 1 is 1.32 bits per heavy atom. The number of hydrogen-bond donors (Lipinski definition) is 1. The SMILES string of the molecule is CC(C)OS(=O)(=O)c1ccc2c(ccn2C(=O)O)c1. The molecule has 1 N–H and O–H groups in total. The van der Waals surface area contributed by atoms with Crippen LogP contribution >= 0.6 is 0 Å². The molecule has 102 valence electrons. The lowest BCUT2D eigenvalue weighted by molar-refractivity contribution is 0.197. The predicted molar refractivity (Wildman–Crippen MR) is 68.8 cm³/mol. The molecule has 1 aromatic carbocycles. The van der Waals surface area contributed by atoms with Crippen LogP contribution < -0.4 is 0 Å². The molecule has 0 unspecified atom stereocenters. The second-order valence-electron chi connectivity index (χ2n) is 4.29. The molecule has 0 aliphatic heterocycles. The monoisotopic (exact) mass is 283 g/mol. The van der Waals surface area contributed by atoms with E-state index in [1.54, 1.807) is 13.8 Å². The van der Waals surface area contributed by atoms with Crippen LogP contribution in [-0.2, 0) is 14.3 Å². The average Bonchev–Trinajstić information content (AvgIpc) is 2.69. The van der Waals surface area contributed by atoms with E-state index in [4.69, 9.17) is 9.29 Å². The normalized spacial score (nSPS) is 12.2. The lowest BCUT2D eigenvalue weighted by Gasteiger charge is -2.08. The second kappa shape index (κ2) is 4.67. The van der Waals surface area contributed by atoms with Gasteiger partial charge in [-0.25, -0.2) is 4.79 Å². The Kier molecular flexibility index (Phi) is 3.34. The van der Waals surface area contributed by atoms with Crippen LogP contribution in [0.2, 0.25) is 0 Å². The van der Waals surface area contributed by atoms with E-state index < -0.39 is 22.3 Å². The van der Waals surface area contributed by atoms with Crippen molar-refractivity contribution in [1.29, 1.82) is 0 Å². The first-order valence-corrected chi connectivity index (χ1v) is 7.00. The third-order valence-electron chi connectivity index (χ3n) is 2.48. The van der Waals surface area contributed by atoms with Crippen molar-refractivity contribution in [2.24, 2.45) is 0 Å². The number of hydrogen-bond acceptors (Lipinski definition) is 4. The van der Waals surface area contributed by atoms with E-state index in [1.807, 2.05) is 0 Å². The van der Waals surface area contributed by atoms with Crippen molar-refractivity contribution in [2.75, 3.05) is 0 Å². The molecule has 0 radical (unpaired) electrons. The van der Waals surface area contributed by atoms with Gasteiger partial charge in [0, 0.05) is 11.6 Å². The van der Waals surface area contributed by atoms with Gasteiger partial charge in [-0.3, -0.25) is 8.75 Å². The lowest BCUT2D eigenvalue weighted by Crippen LogP contribution is -2.12. The maximum Gasteiger partial charge on any atom is 0.415 e. The van der Waals surface area contributed by atoms with Gasteiger partial charge in [-0.05, 0) is 38.1 Å². The third kappa shape index (κ3) is 2.61. The van der Waals surface area contributed by atoms with Crippen molar-refractivity contribution >= 4 is 27.1 Å². The molecule has 7 heteroatoms. The zero-order chi connectivity index (χ0) is 14.2. The van der Waals surface area contributed by atoms with E-state index >= 15 is 0 Å². The summed E-state index contributed by atoms with van der Waals surface area (Å²) in [5.41, 5.74) is 0.427. The van der Waals surface area contributed by atoms with Crippen LogP contribution in [0.5, 0.6) is 0 Å². The molecule has 1 aromatic heterocycles. The van der Waals surface area contributed by atoms with Crippen LogP contribution in [0.4, 0.5) is 4.79 Å². The number of carboxylic acid groups (broad SMARTS) is 1. The molecule has 1 heterocycles. The highest BCUT2D eigenvalue weighted by atomic mass is 32.2. The second-order valence-corrected chi connectivity index (χ2v) is 5.86. The molecule has 0 saturated carbocycles. The highest BCUT2D eigenvalue weighted by Crippen LogP contribution is 2.22. The van der Waals surface area contributed by atoms with E-state index in [0.717, 1.165) is 4.57 Å². The Labute approximate surface area is 110 Å². The fourth-order valence-corrected chi connectivity index (χ4v) is 2.88. The van der Waals surface area contributed by atoms with Crippen LogP contribution in [-0.4, -0.2) is 30.3 Å². The third-order valence-corrected chi connectivity index (χ3v) is 3.95. The van der Waals surface area contributed by atoms with E-state index in [9.17, 15) is 13.2 Å². The van der Waals surface area contributed by atoms with Gasteiger partial charge in [0.2, 0.25) is 0 Å². The Balaban J connectivity index is 2.52. The van der Waals surface area contributed by atoms with Crippen molar-refractivity contribution in [3.63, 3.8) is 0 Å². The highest BCUT2D eigenvalue weighted by Gasteiger charge is 2.18. The van der Waals surface area contributed by atoms with Crippen molar-refractivity contribution in [3.8, 4) is 0 Å². The van der Waals surface area contributed by atoms with E-state index in [1.165, 1.54) is 30.5 Å². The molecule has 0 saturated heterocycles. The smallest absolute Gasteiger partial charge is 0.415 e. The zero-order valence-electron chi connectivity index (χ0n) is 10.4. The Hall–Kier alpha value is -1.86. The van der Waals surface area contributed by atoms with Gasteiger partial charge in [0.05, 0.1) is 16.5 Å². The number of fused-ring (bicyclic) bond motifs is 1. The van der Waals surface area contributed by atoms with Gasteiger partial charge >= 0.3 is 6.09 Å². The van der Waals surface area contributed by atoms with Crippen LogP contribution in [0, 0.1) is 0 Å². The molecular weight excluding hydrogens is 270 g/mol. The molecular formula is C12H13NO5S. The van der Waals surface area contributed by atoms with Crippen LogP contribution in [0.1, 0.15) is 13.8 Å². The van der Waals surface area contributed by atoms with Crippen molar-refractivity contribution in [3.05, 3.63) is 30.5 Å². The highest BCUT2D eigenvalue weighted by molar-refractivity contribution is 7.86. The van der Waals surface area contributed by atoms with Crippen LogP contribution in [0.15, 0.2) is 35.4 Å². The fourth-order valence-electron chi connectivity index (χ4n) is 1.75. The number of benzene rings is 1. The van der Waals surface area contributed by atoms with Gasteiger partial charge in [-0.1, -0.05) is 0 Å². The van der Waals surface area contributed by atoms with Gasteiger partial charge < -0.3 is 5.11 Å². The Morgan fingerprint density at radius 2 is 2.00 bits per heavy atom. The average molecular weight is 283 g/mol. The standard InChI is InChI=1S/C12H13NO5S/c1-8(2)18-19(16,17)10-3-4-11-9(7-10)5-6-13(11)12(14)15/h3-8H,1-2H3,(H,14,15). The predicted octanol–water partition coefficient (Wildman–Crippen LogP) is 2.28. The summed E-state index contributed by atoms with van der Waals surface area (Å²) in [6.45, 7) is 3.24.